The predicted octanol–water partition coefficient (Wildman–Crippen LogP) is 2.70. The van der Waals surface area contributed by atoms with Gasteiger partial charge in [-0.05, 0) is 24.0 Å². The molecule has 0 heterocycles. The van der Waals surface area contributed by atoms with Crippen LogP contribution in [0.4, 0.5) is 0 Å². The summed E-state index contributed by atoms with van der Waals surface area (Å²) in [6.07, 6.45) is 5.39. The van der Waals surface area contributed by atoms with Crippen molar-refractivity contribution in [3.05, 3.63) is 35.4 Å². The van der Waals surface area contributed by atoms with E-state index in [2.05, 4.69) is 17.9 Å². The lowest BCUT2D eigenvalue weighted by Crippen LogP contribution is -2.13. The van der Waals surface area contributed by atoms with Crippen LogP contribution in [0, 0.1) is 17.8 Å². The van der Waals surface area contributed by atoms with Crippen LogP contribution in [0.2, 0.25) is 0 Å². The van der Waals surface area contributed by atoms with Crippen molar-refractivity contribution in [2.24, 2.45) is 11.7 Å². The van der Waals surface area contributed by atoms with Gasteiger partial charge in [0.2, 0.25) is 0 Å². The lowest BCUT2D eigenvalue weighted by molar-refractivity contribution is 0.0949. The molecular weight excluding hydrogens is 222 g/mol. The summed E-state index contributed by atoms with van der Waals surface area (Å²) in [6.45, 7) is 1.92. The van der Waals surface area contributed by atoms with Gasteiger partial charge in [0.15, 0.2) is 0 Å². The van der Waals surface area contributed by atoms with Crippen LogP contribution in [0.1, 0.15) is 36.8 Å². The van der Waals surface area contributed by atoms with E-state index in [4.69, 9.17) is 10.5 Å². The summed E-state index contributed by atoms with van der Waals surface area (Å²) in [5.74, 6) is 6.90. The molecule has 1 fully saturated rings. The number of rotatable bonds is 5. The van der Waals surface area contributed by atoms with Crippen molar-refractivity contribution in [3.8, 4) is 11.8 Å². The second-order valence-electron chi connectivity index (χ2n) is 4.80. The molecule has 0 saturated heterocycles. The maximum atomic E-state index is 5.75. The van der Waals surface area contributed by atoms with Crippen LogP contribution in [-0.4, -0.2) is 13.2 Å². The first-order valence-corrected chi connectivity index (χ1v) is 6.74. The van der Waals surface area contributed by atoms with E-state index in [1.807, 2.05) is 18.2 Å². The minimum atomic E-state index is 0.400. The van der Waals surface area contributed by atoms with Crippen molar-refractivity contribution in [3.63, 3.8) is 0 Å². The van der Waals surface area contributed by atoms with Crippen LogP contribution < -0.4 is 5.73 Å². The zero-order chi connectivity index (χ0) is 12.6. The van der Waals surface area contributed by atoms with Gasteiger partial charge < -0.3 is 10.5 Å². The molecule has 2 heteroatoms. The molecule has 0 aromatic heterocycles. The number of ether oxygens (including phenoxy) is 1. The third-order valence-corrected chi connectivity index (χ3v) is 3.50. The Kier molecular flexibility index (Phi) is 5.26. The van der Waals surface area contributed by atoms with Crippen LogP contribution in [0.5, 0.6) is 0 Å². The van der Waals surface area contributed by atoms with Crippen molar-refractivity contribution >= 4 is 0 Å². The predicted molar refractivity (Wildman–Crippen MR) is 74.0 cm³/mol. The fourth-order valence-electron chi connectivity index (χ4n) is 2.13. The Morgan fingerprint density at radius 2 is 2.11 bits per heavy atom. The highest BCUT2D eigenvalue weighted by Gasteiger charge is 2.16. The summed E-state index contributed by atoms with van der Waals surface area (Å²) >= 11 is 0. The molecule has 2 rings (SSSR count). The molecule has 2 nitrogen and oxygen atoms in total. The standard InChI is InChI=1S/C16H21NO/c17-11-4-9-15-7-1-2-8-16(15)13-18-12-10-14-5-3-6-14/h1-2,7-8,14H,3,5-6,10-13,17H2. The van der Waals surface area contributed by atoms with Gasteiger partial charge in [0.25, 0.3) is 0 Å². The second-order valence-corrected chi connectivity index (χ2v) is 4.80. The second kappa shape index (κ2) is 7.20. The zero-order valence-corrected chi connectivity index (χ0v) is 10.8. The first kappa shape index (κ1) is 13.1. The summed E-state index contributed by atoms with van der Waals surface area (Å²) in [7, 11) is 0. The van der Waals surface area contributed by atoms with Gasteiger partial charge in [-0.1, -0.05) is 49.3 Å². The molecule has 96 valence electrons. The average molecular weight is 243 g/mol. The van der Waals surface area contributed by atoms with Crippen molar-refractivity contribution in [2.75, 3.05) is 13.2 Å². The van der Waals surface area contributed by atoms with E-state index >= 15 is 0 Å². The third-order valence-electron chi connectivity index (χ3n) is 3.50. The fraction of sp³-hybridized carbons (Fsp3) is 0.500. The van der Waals surface area contributed by atoms with Crippen LogP contribution in [0.15, 0.2) is 24.3 Å². The number of hydrogen-bond acceptors (Lipinski definition) is 2. The van der Waals surface area contributed by atoms with E-state index in [9.17, 15) is 0 Å². The Morgan fingerprint density at radius 3 is 2.83 bits per heavy atom. The summed E-state index contributed by atoms with van der Waals surface area (Å²) < 4.78 is 5.75. The molecule has 0 atom stereocenters. The van der Waals surface area contributed by atoms with Gasteiger partial charge in [0.05, 0.1) is 13.2 Å². The first-order chi connectivity index (χ1) is 8.90. The van der Waals surface area contributed by atoms with Gasteiger partial charge in [0, 0.05) is 12.2 Å². The van der Waals surface area contributed by atoms with E-state index in [0.717, 1.165) is 23.7 Å². The SMILES string of the molecule is NCC#Cc1ccccc1COCCC1CCC1. The van der Waals surface area contributed by atoms with Crippen molar-refractivity contribution in [1.82, 2.24) is 0 Å². The Balaban J connectivity index is 1.80. The zero-order valence-electron chi connectivity index (χ0n) is 10.8. The monoisotopic (exact) mass is 243 g/mol. The van der Waals surface area contributed by atoms with Crippen molar-refractivity contribution in [1.29, 1.82) is 0 Å². The Labute approximate surface area is 110 Å². The molecule has 0 aliphatic heterocycles. The molecule has 1 aromatic carbocycles. The van der Waals surface area contributed by atoms with Gasteiger partial charge in [-0.25, -0.2) is 0 Å². The topological polar surface area (TPSA) is 35.2 Å². The number of hydrogen-bond donors (Lipinski definition) is 1. The van der Waals surface area contributed by atoms with Gasteiger partial charge in [-0.2, -0.15) is 0 Å². The maximum absolute atomic E-state index is 5.75. The minimum Gasteiger partial charge on any atom is -0.377 e. The Bertz CT molecular complexity index is 426. The van der Waals surface area contributed by atoms with E-state index in [1.165, 1.54) is 25.7 Å². The van der Waals surface area contributed by atoms with E-state index < -0.39 is 0 Å². The molecular formula is C16H21NO. The maximum Gasteiger partial charge on any atom is 0.0728 e. The molecule has 0 amide bonds. The van der Waals surface area contributed by atoms with E-state index in [-0.39, 0.29) is 0 Å². The van der Waals surface area contributed by atoms with Gasteiger partial charge >= 0.3 is 0 Å². The van der Waals surface area contributed by atoms with E-state index in [1.54, 1.807) is 0 Å². The van der Waals surface area contributed by atoms with Crippen LogP contribution in [0.3, 0.4) is 0 Å². The lowest BCUT2D eigenvalue weighted by Gasteiger charge is -2.24. The highest BCUT2D eigenvalue weighted by Crippen LogP contribution is 2.29. The van der Waals surface area contributed by atoms with Gasteiger partial charge in [-0.3, -0.25) is 0 Å². The smallest absolute Gasteiger partial charge is 0.0728 e. The lowest BCUT2D eigenvalue weighted by atomic mass is 9.83. The Morgan fingerprint density at radius 1 is 1.28 bits per heavy atom. The minimum absolute atomic E-state index is 0.400. The molecule has 2 N–H and O–H groups in total. The molecule has 0 spiro atoms. The molecule has 0 unspecified atom stereocenters. The van der Waals surface area contributed by atoms with Crippen LogP contribution >= 0.6 is 0 Å². The normalized spacial score (nSPS) is 14.7. The summed E-state index contributed by atoms with van der Waals surface area (Å²) in [6, 6.07) is 8.12. The molecule has 0 bridgehead atoms. The highest BCUT2D eigenvalue weighted by molar-refractivity contribution is 5.41. The Hall–Kier alpha value is -1.30. The van der Waals surface area contributed by atoms with Crippen LogP contribution in [0.25, 0.3) is 0 Å². The van der Waals surface area contributed by atoms with E-state index in [0.29, 0.717) is 13.2 Å². The third kappa shape index (κ3) is 3.87. The number of benzene rings is 1. The molecule has 1 aliphatic carbocycles. The summed E-state index contributed by atoms with van der Waals surface area (Å²) in [5, 5.41) is 0. The molecule has 1 saturated carbocycles. The quantitative estimate of drug-likeness (QED) is 0.637. The first-order valence-electron chi connectivity index (χ1n) is 6.74. The highest BCUT2D eigenvalue weighted by atomic mass is 16.5. The summed E-state index contributed by atoms with van der Waals surface area (Å²) in [5.41, 5.74) is 7.59. The summed E-state index contributed by atoms with van der Waals surface area (Å²) in [4.78, 5) is 0. The fourth-order valence-corrected chi connectivity index (χ4v) is 2.13. The van der Waals surface area contributed by atoms with Gasteiger partial charge in [-0.15, -0.1) is 0 Å². The molecule has 0 radical (unpaired) electrons. The van der Waals surface area contributed by atoms with Crippen molar-refractivity contribution in [2.45, 2.75) is 32.3 Å². The molecule has 1 aromatic rings. The van der Waals surface area contributed by atoms with Gasteiger partial charge in [0.1, 0.15) is 0 Å². The van der Waals surface area contributed by atoms with Crippen LogP contribution in [-0.2, 0) is 11.3 Å². The largest absolute Gasteiger partial charge is 0.377 e. The molecule has 1 aliphatic rings. The average Bonchev–Trinajstić information content (AvgIpc) is 2.35. The van der Waals surface area contributed by atoms with Crippen molar-refractivity contribution < 1.29 is 4.74 Å². The molecule has 18 heavy (non-hydrogen) atoms. The number of nitrogens with two attached hydrogens (primary N) is 1.